The Morgan fingerprint density at radius 3 is 2.23 bits per heavy atom. The van der Waals surface area contributed by atoms with Crippen LogP contribution in [-0.2, 0) is 0 Å². The molecule has 78 valence electrons. The number of aliphatic hydroxyl groups excluding tert-OH is 1. The fourth-order valence-corrected chi connectivity index (χ4v) is 1.80. The first kappa shape index (κ1) is 10.8. The Kier molecular flexibility index (Phi) is 3.18. The van der Waals surface area contributed by atoms with E-state index in [9.17, 15) is 13.2 Å². The smallest absolute Gasteiger partial charge is 0.368 e. The molecule has 0 bridgehead atoms. The summed E-state index contributed by atoms with van der Waals surface area (Å²) in [5.74, 6) is -1.96. The largest absolute Gasteiger partial charge is 0.391 e. The molecule has 0 aromatic heterocycles. The van der Waals surface area contributed by atoms with Crippen LogP contribution in [0.4, 0.5) is 13.2 Å². The van der Waals surface area contributed by atoms with Crippen LogP contribution in [0, 0.1) is 11.8 Å². The van der Waals surface area contributed by atoms with E-state index in [2.05, 4.69) is 0 Å². The highest BCUT2D eigenvalue weighted by Crippen LogP contribution is 2.40. The van der Waals surface area contributed by atoms with Crippen molar-refractivity contribution >= 4 is 0 Å². The van der Waals surface area contributed by atoms with Crippen LogP contribution in [-0.4, -0.2) is 22.7 Å². The monoisotopic (exact) mass is 198 g/mol. The predicted octanol–water partition coefficient (Wildman–Crippen LogP) is 1.67. The minimum Gasteiger partial charge on any atom is -0.368 e. The van der Waals surface area contributed by atoms with Crippen molar-refractivity contribution in [2.75, 3.05) is 0 Å². The van der Waals surface area contributed by atoms with E-state index in [1.807, 2.05) is 0 Å². The van der Waals surface area contributed by atoms with Crippen LogP contribution < -0.4 is 0 Å². The summed E-state index contributed by atoms with van der Waals surface area (Å²) in [5.41, 5.74) is 0. The first-order chi connectivity index (χ1) is 5.91. The highest BCUT2D eigenvalue weighted by Gasteiger charge is 2.43. The second kappa shape index (κ2) is 3.84. The zero-order valence-corrected chi connectivity index (χ0v) is 7.09. The summed E-state index contributed by atoms with van der Waals surface area (Å²) in [6.45, 7) is 0. The van der Waals surface area contributed by atoms with Gasteiger partial charge in [-0.1, -0.05) is 6.42 Å². The van der Waals surface area contributed by atoms with Gasteiger partial charge in [0.1, 0.15) is 0 Å². The maximum Gasteiger partial charge on any atom is 0.391 e. The Morgan fingerprint density at radius 2 is 1.77 bits per heavy atom. The Labute approximate surface area is 74.4 Å². The normalized spacial score (nSPS) is 30.9. The minimum atomic E-state index is -4.19. The lowest BCUT2D eigenvalue weighted by atomic mass is 9.81. The van der Waals surface area contributed by atoms with Crippen LogP contribution in [0.2, 0.25) is 0 Å². The lowest BCUT2D eigenvalue weighted by molar-refractivity contribution is -0.197. The van der Waals surface area contributed by atoms with E-state index in [1.165, 1.54) is 0 Å². The van der Waals surface area contributed by atoms with Crippen LogP contribution in [0.15, 0.2) is 0 Å². The van der Waals surface area contributed by atoms with Crippen molar-refractivity contribution in [1.29, 1.82) is 0 Å². The first-order valence-corrected chi connectivity index (χ1v) is 4.34. The van der Waals surface area contributed by atoms with Crippen LogP contribution >= 0.6 is 0 Å². The van der Waals surface area contributed by atoms with Crippen LogP contribution in [0.25, 0.3) is 0 Å². The maximum absolute atomic E-state index is 12.2. The molecule has 13 heavy (non-hydrogen) atoms. The Morgan fingerprint density at radius 1 is 1.15 bits per heavy atom. The summed E-state index contributed by atoms with van der Waals surface area (Å²) in [5, 5.41) is 17.5. The van der Waals surface area contributed by atoms with Gasteiger partial charge < -0.3 is 10.2 Å². The molecule has 2 unspecified atom stereocenters. The van der Waals surface area contributed by atoms with Gasteiger partial charge in [0.25, 0.3) is 0 Å². The third-order valence-electron chi connectivity index (χ3n) is 2.60. The molecule has 1 saturated carbocycles. The average Bonchev–Trinajstić information content (AvgIpc) is 2.03. The highest BCUT2D eigenvalue weighted by atomic mass is 19.4. The molecule has 2 N–H and O–H groups in total. The van der Waals surface area contributed by atoms with Gasteiger partial charge in [0.2, 0.25) is 0 Å². The van der Waals surface area contributed by atoms with Gasteiger partial charge in [0, 0.05) is 5.92 Å². The molecule has 0 aliphatic heterocycles. The summed E-state index contributed by atoms with van der Waals surface area (Å²) in [6, 6.07) is 0. The zero-order chi connectivity index (χ0) is 10.1. The van der Waals surface area contributed by atoms with Crippen molar-refractivity contribution in [2.24, 2.45) is 11.8 Å². The SMILES string of the molecule is OC(O)C1CCCC(C(F)(F)F)C1. The standard InChI is InChI=1S/C8H13F3O2/c9-8(10,11)6-3-1-2-5(4-6)7(12)13/h5-7,12-13H,1-4H2. The van der Waals surface area contributed by atoms with Gasteiger partial charge in [-0.15, -0.1) is 0 Å². The molecule has 2 atom stereocenters. The number of hydrogen-bond donors (Lipinski definition) is 2. The number of halogens is 3. The van der Waals surface area contributed by atoms with E-state index in [-0.39, 0.29) is 12.8 Å². The molecule has 1 aliphatic carbocycles. The van der Waals surface area contributed by atoms with Crippen molar-refractivity contribution in [1.82, 2.24) is 0 Å². The van der Waals surface area contributed by atoms with Crippen molar-refractivity contribution in [3.63, 3.8) is 0 Å². The first-order valence-electron chi connectivity index (χ1n) is 4.34. The van der Waals surface area contributed by atoms with Gasteiger partial charge >= 0.3 is 6.18 Å². The number of aliphatic hydroxyl groups is 2. The summed E-state index contributed by atoms with van der Waals surface area (Å²) in [7, 11) is 0. The number of alkyl halides is 3. The van der Waals surface area contributed by atoms with Crippen molar-refractivity contribution in [3.05, 3.63) is 0 Å². The lowest BCUT2D eigenvalue weighted by Gasteiger charge is -2.31. The van der Waals surface area contributed by atoms with Crippen molar-refractivity contribution in [2.45, 2.75) is 38.1 Å². The van der Waals surface area contributed by atoms with Crippen LogP contribution in [0.1, 0.15) is 25.7 Å². The molecule has 1 rings (SSSR count). The number of rotatable bonds is 1. The molecule has 1 fully saturated rings. The van der Waals surface area contributed by atoms with Crippen LogP contribution in [0.3, 0.4) is 0 Å². The molecule has 0 amide bonds. The Bertz CT molecular complexity index is 167. The molecule has 0 aromatic carbocycles. The van der Waals surface area contributed by atoms with Gasteiger partial charge in [0.15, 0.2) is 6.29 Å². The third kappa shape index (κ3) is 2.84. The second-order valence-corrected chi connectivity index (χ2v) is 3.58. The van der Waals surface area contributed by atoms with Crippen LogP contribution in [0.5, 0.6) is 0 Å². The van der Waals surface area contributed by atoms with Gasteiger partial charge in [-0.2, -0.15) is 13.2 Å². The van der Waals surface area contributed by atoms with Gasteiger partial charge in [-0.05, 0) is 19.3 Å². The van der Waals surface area contributed by atoms with E-state index in [4.69, 9.17) is 10.2 Å². The van der Waals surface area contributed by atoms with Crippen molar-refractivity contribution < 1.29 is 23.4 Å². The molecule has 0 aromatic rings. The molecule has 0 spiro atoms. The summed E-state index contributed by atoms with van der Waals surface area (Å²) in [6.07, 6.45) is -4.93. The Hall–Kier alpha value is -0.290. The molecule has 5 heteroatoms. The van der Waals surface area contributed by atoms with E-state index < -0.39 is 24.3 Å². The summed E-state index contributed by atoms with van der Waals surface area (Å²) in [4.78, 5) is 0. The summed E-state index contributed by atoms with van der Waals surface area (Å²) >= 11 is 0. The average molecular weight is 198 g/mol. The van der Waals surface area contributed by atoms with Gasteiger partial charge in [-0.3, -0.25) is 0 Å². The molecule has 0 heterocycles. The molecular formula is C8H13F3O2. The minimum absolute atomic E-state index is 0.118. The van der Waals surface area contributed by atoms with E-state index in [0.29, 0.717) is 12.8 Å². The predicted molar refractivity (Wildman–Crippen MR) is 39.7 cm³/mol. The maximum atomic E-state index is 12.2. The van der Waals surface area contributed by atoms with Gasteiger partial charge in [0.05, 0.1) is 5.92 Å². The van der Waals surface area contributed by atoms with E-state index in [0.717, 1.165) is 0 Å². The van der Waals surface area contributed by atoms with E-state index >= 15 is 0 Å². The molecule has 1 aliphatic rings. The number of hydrogen-bond acceptors (Lipinski definition) is 2. The fraction of sp³-hybridized carbons (Fsp3) is 1.00. The summed E-state index contributed by atoms with van der Waals surface area (Å²) < 4.78 is 36.6. The molecule has 0 radical (unpaired) electrons. The topological polar surface area (TPSA) is 40.5 Å². The molecular weight excluding hydrogens is 185 g/mol. The highest BCUT2D eigenvalue weighted by molar-refractivity contribution is 4.78. The lowest BCUT2D eigenvalue weighted by Crippen LogP contribution is -2.33. The van der Waals surface area contributed by atoms with E-state index in [1.54, 1.807) is 0 Å². The quantitative estimate of drug-likeness (QED) is 0.629. The zero-order valence-electron chi connectivity index (χ0n) is 7.09. The fourth-order valence-electron chi connectivity index (χ4n) is 1.80. The second-order valence-electron chi connectivity index (χ2n) is 3.58. The van der Waals surface area contributed by atoms with Crippen molar-refractivity contribution in [3.8, 4) is 0 Å². The Balaban J connectivity index is 2.52. The molecule has 2 nitrogen and oxygen atoms in total. The molecule has 0 saturated heterocycles. The van der Waals surface area contributed by atoms with Gasteiger partial charge in [-0.25, -0.2) is 0 Å². The third-order valence-corrected chi connectivity index (χ3v) is 2.60.